The Morgan fingerprint density at radius 1 is 1.35 bits per heavy atom. The fraction of sp³-hybridized carbons (Fsp3) is 0.929. The summed E-state index contributed by atoms with van der Waals surface area (Å²) in [6.07, 6.45) is 6.15. The lowest BCUT2D eigenvalue weighted by Gasteiger charge is -2.40. The molecule has 3 nitrogen and oxygen atoms in total. The van der Waals surface area contributed by atoms with Gasteiger partial charge in [0, 0.05) is 6.04 Å². The minimum absolute atomic E-state index is 0.0301. The molecule has 1 aliphatic carbocycles. The predicted molar refractivity (Wildman–Crippen MR) is 71.7 cm³/mol. The van der Waals surface area contributed by atoms with Crippen molar-refractivity contribution in [2.45, 2.75) is 77.8 Å². The van der Waals surface area contributed by atoms with Crippen molar-refractivity contribution in [3.63, 3.8) is 0 Å². The summed E-state index contributed by atoms with van der Waals surface area (Å²) in [5.74, 6) is 0.0301. The van der Waals surface area contributed by atoms with Crippen LogP contribution in [0.3, 0.4) is 0 Å². The second-order valence-corrected chi connectivity index (χ2v) is 6.12. The molecule has 17 heavy (non-hydrogen) atoms. The zero-order valence-corrected chi connectivity index (χ0v) is 11.8. The average Bonchev–Trinajstić information content (AvgIpc) is 2.30. The maximum Gasteiger partial charge on any atom is 0.240 e. The van der Waals surface area contributed by atoms with Crippen LogP contribution in [-0.2, 0) is 4.79 Å². The SMILES string of the molecule is CCC(N)(CC)C(=O)NC1CCCCC1(C)C. The van der Waals surface area contributed by atoms with Gasteiger partial charge in [0.1, 0.15) is 0 Å². The molecule has 0 aliphatic heterocycles. The zero-order chi connectivity index (χ0) is 13.1. The van der Waals surface area contributed by atoms with E-state index in [-0.39, 0.29) is 17.4 Å². The molecule has 0 heterocycles. The van der Waals surface area contributed by atoms with Gasteiger partial charge in [-0.2, -0.15) is 0 Å². The summed E-state index contributed by atoms with van der Waals surface area (Å²) in [7, 11) is 0. The first kappa shape index (κ1) is 14.5. The van der Waals surface area contributed by atoms with Crippen LogP contribution in [0.25, 0.3) is 0 Å². The second-order valence-electron chi connectivity index (χ2n) is 6.12. The maximum absolute atomic E-state index is 12.2. The van der Waals surface area contributed by atoms with Gasteiger partial charge in [-0.05, 0) is 31.1 Å². The van der Waals surface area contributed by atoms with E-state index in [2.05, 4.69) is 19.2 Å². The highest BCUT2D eigenvalue weighted by Crippen LogP contribution is 2.35. The largest absolute Gasteiger partial charge is 0.351 e. The van der Waals surface area contributed by atoms with E-state index >= 15 is 0 Å². The normalized spacial score (nSPS) is 24.4. The van der Waals surface area contributed by atoms with Crippen molar-refractivity contribution in [2.75, 3.05) is 0 Å². The molecule has 1 saturated carbocycles. The van der Waals surface area contributed by atoms with E-state index in [1.165, 1.54) is 19.3 Å². The van der Waals surface area contributed by atoms with Crippen LogP contribution in [0.4, 0.5) is 0 Å². The van der Waals surface area contributed by atoms with Gasteiger partial charge < -0.3 is 11.1 Å². The molecule has 3 heteroatoms. The van der Waals surface area contributed by atoms with Gasteiger partial charge in [0.2, 0.25) is 5.91 Å². The van der Waals surface area contributed by atoms with E-state index in [0.29, 0.717) is 12.8 Å². The number of hydrogen-bond donors (Lipinski definition) is 2. The molecule has 1 rings (SSSR count). The summed E-state index contributed by atoms with van der Waals surface area (Å²) in [6.45, 7) is 8.45. The van der Waals surface area contributed by atoms with E-state index in [1.54, 1.807) is 0 Å². The lowest BCUT2D eigenvalue weighted by Crippen LogP contribution is -2.58. The Labute approximate surface area is 106 Å². The van der Waals surface area contributed by atoms with Crippen LogP contribution < -0.4 is 11.1 Å². The fourth-order valence-electron chi connectivity index (χ4n) is 2.63. The minimum Gasteiger partial charge on any atom is -0.351 e. The molecule has 0 saturated heterocycles. The highest BCUT2D eigenvalue weighted by atomic mass is 16.2. The van der Waals surface area contributed by atoms with Crippen molar-refractivity contribution >= 4 is 5.91 Å². The van der Waals surface area contributed by atoms with Crippen molar-refractivity contribution < 1.29 is 4.79 Å². The molecule has 0 bridgehead atoms. The maximum atomic E-state index is 12.2. The molecule has 0 aromatic carbocycles. The lowest BCUT2D eigenvalue weighted by atomic mass is 9.73. The van der Waals surface area contributed by atoms with E-state index in [4.69, 9.17) is 5.73 Å². The van der Waals surface area contributed by atoms with Crippen LogP contribution in [0.2, 0.25) is 0 Å². The lowest BCUT2D eigenvalue weighted by molar-refractivity contribution is -0.128. The monoisotopic (exact) mass is 240 g/mol. The quantitative estimate of drug-likeness (QED) is 0.793. The molecular formula is C14H28N2O. The molecule has 100 valence electrons. The summed E-state index contributed by atoms with van der Waals surface area (Å²) >= 11 is 0. The molecule has 3 N–H and O–H groups in total. The van der Waals surface area contributed by atoms with Crippen LogP contribution in [0.1, 0.15) is 66.2 Å². The Hall–Kier alpha value is -0.570. The third-order valence-corrected chi connectivity index (χ3v) is 4.53. The number of nitrogens with one attached hydrogen (secondary N) is 1. The molecule has 1 amide bonds. The van der Waals surface area contributed by atoms with E-state index < -0.39 is 5.54 Å². The Bertz CT molecular complexity index is 269. The van der Waals surface area contributed by atoms with Gasteiger partial charge in [-0.25, -0.2) is 0 Å². The number of carbonyl (C=O) groups is 1. The summed E-state index contributed by atoms with van der Waals surface area (Å²) < 4.78 is 0. The van der Waals surface area contributed by atoms with Crippen molar-refractivity contribution in [3.05, 3.63) is 0 Å². The first-order chi connectivity index (χ1) is 7.85. The zero-order valence-electron chi connectivity index (χ0n) is 11.8. The van der Waals surface area contributed by atoms with Crippen LogP contribution in [-0.4, -0.2) is 17.5 Å². The number of carbonyl (C=O) groups excluding carboxylic acids is 1. The van der Waals surface area contributed by atoms with E-state index in [9.17, 15) is 4.79 Å². The summed E-state index contributed by atoms with van der Waals surface area (Å²) in [5, 5.41) is 3.19. The van der Waals surface area contributed by atoms with Crippen LogP contribution in [0.5, 0.6) is 0 Å². The molecule has 0 aromatic heterocycles. The smallest absolute Gasteiger partial charge is 0.240 e. The number of hydrogen-bond acceptors (Lipinski definition) is 2. The van der Waals surface area contributed by atoms with Crippen molar-refractivity contribution in [1.29, 1.82) is 0 Å². The second kappa shape index (κ2) is 5.38. The van der Waals surface area contributed by atoms with E-state index in [0.717, 1.165) is 6.42 Å². The summed E-state index contributed by atoms with van der Waals surface area (Å²) in [4.78, 5) is 12.2. The van der Waals surface area contributed by atoms with Gasteiger partial charge in [-0.15, -0.1) is 0 Å². The molecule has 0 radical (unpaired) electrons. The Balaban J connectivity index is 2.67. The molecule has 1 unspecified atom stereocenters. The fourth-order valence-corrected chi connectivity index (χ4v) is 2.63. The van der Waals surface area contributed by atoms with Gasteiger partial charge >= 0.3 is 0 Å². The minimum atomic E-state index is -0.687. The van der Waals surface area contributed by atoms with Gasteiger partial charge in [-0.3, -0.25) is 4.79 Å². The number of nitrogens with two attached hydrogens (primary N) is 1. The standard InChI is InChI=1S/C14H28N2O/c1-5-14(15,6-2)12(17)16-11-9-7-8-10-13(11,3)4/h11H,5-10,15H2,1-4H3,(H,16,17). The van der Waals surface area contributed by atoms with Crippen molar-refractivity contribution in [3.8, 4) is 0 Å². The van der Waals surface area contributed by atoms with Gasteiger partial charge in [0.25, 0.3) is 0 Å². The molecule has 1 fully saturated rings. The molecule has 0 aromatic rings. The predicted octanol–water partition coefficient (Wildman–Crippen LogP) is 2.59. The summed E-state index contributed by atoms with van der Waals surface area (Å²) in [6, 6.07) is 0.282. The molecule has 1 atom stereocenters. The number of amides is 1. The van der Waals surface area contributed by atoms with Crippen LogP contribution in [0, 0.1) is 5.41 Å². The first-order valence-corrected chi connectivity index (χ1v) is 6.95. The molecular weight excluding hydrogens is 212 g/mol. The van der Waals surface area contributed by atoms with Crippen LogP contribution in [0.15, 0.2) is 0 Å². The molecule has 0 spiro atoms. The van der Waals surface area contributed by atoms with Crippen LogP contribution >= 0.6 is 0 Å². The van der Waals surface area contributed by atoms with Crippen molar-refractivity contribution in [1.82, 2.24) is 5.32 Å². The van der Waals surface area contributed by atoms with Gasteiger partial charge in [-0.1, -0.05) is 40.5 Å². The number of rotatable bonds is 4. The Morgan fingerprint density at radius 3 is 2.41 bits per heavy atom. The molecule has 1 aliphatic rings. The highest BCUT2D eigenvalue weighted by molar-refractivity contribution is 5.86. The first-order valence-electron chi connectivity index (χ1n) is 6.95. The highest BCUT2D eigenvalue weighted by Gasteiger charge is 2.37. The Morgan fingerprint density at radius 2 is 1.94 bits per heavy atom. The van der Waals surface area contributed by atoms with Crippen molar-refractivity contribution in [2.24, 2.45) is 11.1 Å². The Kier molecular flexibility index (Phi) is 4.59. The average molecular weight is 240 g/mol. The van der Waals surface area contributed by atoms with Gasteiger partial charge in [0.05, 0.1) is 5.54 Å². The summed E-state index contributed by atoms with van der Waals surface area (Å²) in [5.41, 5.74) is 5.65. The third-order valence-electron chi connectivity index (χ3n) is 4.53. The topological polar surface area (TPSA) is 55.1 Å². The van der Waals surface area contributed by atoms with Gasteiger partial charge in [0.15, 0.2) is 0 Å². The third kappa shape index (κ3) is 3.21. The van der Waals surface area contributed by atoms with E-state index in [1.807, 2.05) is 13.8 Å².